The molecule has 1 aromatic heterocycles. The van der Waals surface area contributed by atoms with Crippen LogP contribution in [0.4, 0.5) is 0 Å². The topological polar surface area (TPSA) is 39.6 Å². The van der Waals surface area contributed by atoms with Crippen LogP contribution in [0, 0.1) is 0 Å². The first-order valence-corrected chi connectivity index (χ1v) is 9.33. The summed E-state index contributed by atoms with van der Waals surface area (Å²) in [5.74, 6) is 0.425. The Kier molecular flexibility index (Phi) is 4.84. The molecule has 132 valence electrons. The number of aliphatic hydroxyl groups is 1. The zero-order valence-electron chi connectivity index (χ0n) is 14.9. The van der Waals surface area contributed by atoms with E-state index in [1.54, 1.807) is 6.20 Å². The van der Waals surface area contributed by atoms with Crippen molar-refractivity contribution in [3.8, 4) is 11.1 Å². The summed E-state index contributed by atoms with van der Waals surface area (Å²) in [6.07, 6.45) is 6.19. The van der Waals surface area contributed by atoms with Crippen molar-refractivity contribution in [3.05, 3.63) is 54.4 Å². The summed E-state index contributed by atoms with van der Waals surface area (Å²) >= 11 is 0. The molecule has 2 aliphatic heterocycles. The highest BCUT2D eigenvalue weighted by atomic mass is 16.3. The minimum Gasteiger partial charge on any atom is -0.395 e. The SMILES string of the molecule is CN1CCCCN2[C@@H](CO)[C@@H](c3ccc(-c4cccnc4)cc3)[C@@H]2C1. The smallest absolute Gasteiger partial charge is 0.0593 e. The van der Waals surface area contributed by atoms with E-state index < -0.39 is 0 Å². The highest BCUT2D eigenvalue weighted by Crippen LogP contribution is 2.42. The van der Waals surface area contributed by atoms with E-state index in [1.807, 2.05) is 12.3 Å². The second kappa shape index (κ2) is 7.24. The van der Waals surface area contributed by atoms with Gasteiger partial charge in [-0.05, 0) is 55.7 Å². The first kappa shape index (κ1) is 16.7. The van der Waals surface area contributed by atoms with Crippen LogP contribution in [0.25, 0.3) is 11.1 Å². The maximum Gasteiger partial charge on any atom is 0.0593 e. The molecule has 4 nitrogen and oxygen atoms in total. The van der Waals surface area contributed by atoms with Crippen LogP contribution in [0.5, 0.6) is 0 Å². The maximum absolute atomic E-state index is 9.95. The summed E-state index contributed by atoms with van der Waals surface area (Å²) in [6, 6.07) is 13.7. The third-order valence-corrected chi connectivity index (χ3v) is 5.86. The van der Waals surface area contributed by atoms with Crippen LogP contribution in [0.15, 0.2) is 48.8 Å². The molecule has 1 aromatic carbocycles. The minimum atomic E-state index is 0.245. The number of aromatic nitrogens is 1. The molecule has 3 atom stereocenters. The lowest BCUT2D eigenvalue weighted by atomic mass is 9.74. The van der Waals surface area contributed by atoms with Crippen LogP contribution in [-0.2, 0) is 0 Å². The lowest BCUT2D eigenvalue weighted by Gasteiger charge is -2.57. The molecule has 2 aliphatic rings. The number of benzene rings is 1. The summed E-state index contributed by atoms with van der Waals surface area (Å²) in [6.45, 7) is 3.63. The lowest BCUT2D eigenvalue weighted by molar-refractivity contribution is -0.0614. The fourth-order valence-corrected chi connectivity index (χ4v) is 4.54. The average molecular weight is 337 g/mol. The molecule has 2 fully saturated rings. The van der Waals surface area contributed by atoms with Gasteiger partial charge in [-0.2, -0.15) is 0 Å². The van der Waals surface area contributed by atoms with Crippen LogP contribution >= 0.6 is 0 Å². The van der Waals surface area contributed by atoms with E-state index in [1.165, 1.54) is 30.5 Å². The summed E-state index contributed by atoms with van der Waals surface area (Å²) < 4.78 is 0. The molecule has 0 saturated carbocycles. The summed E-state index contributed by atoms with van der Waals surface area (Å²) in [5.41, 5.74) is 3.69. The quantitative estimate of drug-likeness (QED) is 0.934. The fourth-order valence-electron chi connectivity index (χ4n) is 4.54. The number of nitrogens with zero attached hydrogens (tertiary/aromatic N) is 3. The second-order valence-corrected chi connectivity index (χ2v) is 7.41. The van der Waals surface area contributed by atoms with Gasteiger partial charge < -0.3 is 10.0 Å². The number of fused-ring (bicyclic) bond motifs is 1. The largest absolute Gasteiger partial charge is 0.395 e. The van der Waals surface area contributed by atoms with E-state index in [4.69, 9.17) is 0 Å². The molecule has 0 aliphatic carbocycles. The molecule has 4 heteroatoms. The van der Waals surface area contributed by atoms with Crippen LogP contribution in [0.1, 0.15) is 24.3 Å². The number of rotatable bonds is 3. The zero-order chi connectivity index (χ0) is 17.2. The molecule has 2 saturated heterocycles. The van der Waals surface area contributed by atoms with Crippen molar-refractivity contribution in [2.45, 2.75) is 30.8 Å². The van der Waals surface area contributed by atoms with E-state index in [0.29, 0.717) is 12.0 Å². The Morgan fingerprint density at radius 1 is 1.08 bits per heavy atom. The Labute approximate surface area is 150 Å². The molecule has 0 amide bonds. The Morgan fingerprint density at radius 2 is 1.88 bits per heavy atom. The van der Waals surface area contributed by atoms with Gasteiger partial charge in [0.2, 0.25) is 0 Å². The summed E-state index contributed by atoms with van der Waals surface area (Å²) in [4.78, 5) is 9.18. The van der Waals surface area contributed by atoms with Crippen molar-refractivity contribution in [1.29, 1.82) is 0 Å². The summed E-state index contributed by atoms with van der Waals surface area (Å²) in [7, 11) is 2.22. The molecular formula is C21H27N3O. The lowest BCUT2D eigenvalue weighted by Crippen LogP contribution is -2.67. The number of hydrogen-bond donors (Lipinski definition) is 1. The molecule has 3 heterocycles. The molecule has 1 N–H and O–H groups in total. The molecule has 25 heavy (non-hydrogen) atoms. The monoisotopic (exact) mass is 337 g/mol. The maximum atomic E-state index is 9.95. The predicted octanol–water partition coefficient (Wildman–Crippen LogP) is 2.60. The first-order chi connectivity index (χ1) is 12.3. The van der Waals surface area contributed by atoms with Crippen molar-refractivity contribution in [3.63, 3.8) is 0 Å². The van der Waals surface area contributed by atoms with Crippen LogP contribution < -0.4 is 0 Å². The van der Waals surface area contributed by atoms with Crippen molar-refractivity contribution in [1.82, 2.24) is 14.8 Å². The van der Waals surface area contributed by atoms with Crippen molar-refractivity contribution >= 4 is 0 Å². The van der Waals surface area contributed by atoms with Gasteiger partial charge in [0, 0.05) is 36.9 Å². The van der Waals surface area contributed by atoms with E-state index >= 15 is 0 Å². The van der Waals surface area contributed by atoms with Gasteiger partial charge in [0.1, 0.15) is 0 Å². The molecule has 0 bridgehead atoms. The van der Waals surface area contributed by atoms with E-state index in [0.717, 1.165) is 18.7 Å². The predicted molar refractivity (Wildman–Crippen MR) is 101 cm³/mol. The number of likely N-dealkylation sites (N-methyl/N-ethyl adjacent to an activating group) is 1. The van der Waals surface area contributed by atoms with E-state index in [9.17, 15) is 5.11 Å². The third-order valence-electron chi connectivity index (χ3n) is 5.86. The summed E-state index contributed by atoms with van der Waals surface area (Å²) in [5, 5.41) is 9.95. The molecule has 0 unspecified atom stereocenters. The van der Waals surface area contributed by atoms with Gasteiger partial charge in [0.15, 0.2) is 0 Å². The molecule has 2 aromatic rings. The minimum absolute atomic E-state index is 0.245. The van der Waals surface area contributed by atoms with Gasteiger partial charge in [0.25, 0.3) is 0 Å². The highest BCUT2D eigenvalue weighted by molar-refractivity contribution is 5.62. The van der Waals surface area contributed by atoms with Crippen LogP contribution in [0.3, 0.4) is 0 Å². The average Bonchev–Trinajstić information content (AvgIpc) is 2.64. The Bertz CT molecular complexity index is 688. The van der Waals surface area contributed by atoms with Gasteiger partial charge in [-0.25, -0.2) is 0 Å². The fraction of sp³-hybridized carbons (Fsp3) is 0.476. The first-order valence-electron chi connectivity index (χ1n) is 9.33. The Hall–Kier alpha value is -1.75. The Morgan fingerprint density at radius 3 is 2.60 bits per heavy atom. The molecular weight excluding hydrogens is 310 g/mol. The standard InChI is InChI=1S/C21H27N3O/c1-23-11-2-3-12-24-19(14-23)21(20(24)15-25)17-8-6-16(7-9-17)18-5-4-10-22-13-18/h4-10,13,19-21,25H,2-3,11-12,14-15H2,1H3/t19-,20-,21-/m0/s1. The Balaban J connectivity index is 1.57. The van der Waals surface area contributed by atoms with Gasteiger partial charge in [-0.15, -0.1) is 0 Å². The van der Waals surface area contributed by atoms with Gasteiger partial charge in [-0.1, -0.05) is 30.3 Å². The molecule has 0 spiro atoms. The van der Waals surface area contributed by atoms with Gasteiger partial charge in [-0.3, -0.25) is 9.88 Å². The van der Waals surface area contributed by atoms with Gasteiger partial charge in [0.05, 0.1) is 6.61 Å². The third kappa shape index (κ3) is 3.22. The van der Waals surface area contributed by atoms with Crippen LogP contribution in [0.2, 0.25) is 0 Å². The second-order valence-electron chi connectivity index (χ2n) is 7.41. The molecule has 4 rings (SSSR count). The number of aliphatic hydroxyl groups excluding tert-OH is 1. The number of pyridine rings is 1. The van der Waals surface area contributed by atoms with Crippen molar-refractivity contribution < 1.29 is 5.11 Å². The normalized spacial score (nSPS) is 27.8. The van der Waals surface area contributed by atoms with E-state index in [2.05, 4.69) is 52.2 Å². The highest BCUT2D eigenvalue weighted by Gasteiger charge is 2.48. The van der Waals surface area contributed by atoms with Crippen molar-refractivity contribution in [2.24, 2.45) is 0 Å². The van der Waals surface area contributed by atoms with Crippen molar-refractivity contribution in [2.75, 3.05) is 33.3 Å². The van der Waals surface area contributed by atoms with Gasteiger partial charge >= 0.3 is 0 Å². The van der Waals surface area contributed by atoms with Crippen LogP contribution in [-0.4, -0.2) is 65.3 Å². The molecule has 0 radical (unpaired) electrons. The zero-order valence-corrected chi connectivity index (χ0v) is 14.9. The van der Waals surface area contributed by atoms with E-state index in [-0.39, 0.29) is 12.6 Å². The number of hydrogen-bond acceptors (Lipinski definition) is 4.